The summed E-state index contributed by atoms with van der Waals surface area (Å²) < 4.78 is 2.26. The molecule has 0 radical (unpaired) electrons. The third-order valence-corrected chi connectivity index (χ3v) is 5.44. The van der Waals surface area contributed by atoms with E-state index in [0.29, 0.717) is 17.8 Å². The summed E-state index contributed by atoms with van der Waals surface area (Å²) in [6.45, 7) is 10.1. The SMILES string of the molecule is C=CCNC(=NCc1nnc(C)n1C)NCC1(C)CCCS1. The third kappa shape index (κ3) is 4.50. The maximum absolute atomic E-state index is 4.61. The molecule has 0 aliphatic carbocycles. The number of guanidine groups is 1. The Bertz CT molecular complexity index is 530. The van der Waals surface area contributed by atoms with E-state index in [1.807, 2.05) is 36.4 Å². The number of rotatable bonds is 6. The van der Waals surface area contributed by atoms with Gasteiger partial charge in [-0.2, -0.15) is 11.8 Å². The van der Waals surface area contributed by atoms with Crippen LogP contribution >= 0.6 is 11.8 Å². The van der Waals surface area contributed by atoms with Crippen molar-refractivity contribution in [1.82, 2.24) is 25.4 Å². The second kappa shape index (κ2) is 7.67. The lowest BCUT2D eigenvalue weighted by Crippen LogP contribution is -2.43. The fourth-order valence-electron chi connectivity index (χ4n) is 2.33. The average Bonchev–Trinajstić information content (AvgIpc) is 3.07. The normalized spacial score (nSPS) is 21.9. The lowest BCUT2D eigenvalue weighted by atomic mass is 10.1. The Balaban J connectivity index is 1.96. The van der Waals surface area contributed by atoms with Gasteiger partial charge in [0.25, 0.3) is 0 Å². The maximum Gasteiger partial charge on any atom is 0.192 e. The van der Waals surface area contributed by atoms with Crippen LogP contribution in [0.25, 0.3) is 0 Å². The van der Waals surface area contributed by atoms with Gasteiger partial charge >= 0.3 is 0 Å². The van der Waals surface area contributed by atoms with Crippen molar-refractivity contribution >= 4 is 17.7 Å². The van der Waals surface area contributed by atoms with Gasteiger partial charge in [0, 0.05) is 24.9 Å². The second-order valence-electron chi connectivity index (χ2n) is 5.81. The van der Waals surface area contributed by atoms with E-state index in [2.05, 4.69) is 39.3 Å². The lowest BCUT2D eigenvalue weighted by Gasteiger charge is -2.24. The van der Waals surface area contributed by atoms with Gasteiger partial charge in [0.15, 0.2) is 11.8 Å². The molecule has 1 atom stereocenters. The first kappa shape index (κ1) is 16.9. The molecule has 2 heterocycles. The monoisotopic (exact) mass is 322 g/mol. The molecule has 1 saturated heterocycles. The standard InChI is InChI=1S/C15H26N6S/c1-5-8-16-14(18-11-15(3)7-6-9-22-15)17-10-13-20-19-12(2)21(13)4/h5H,1,6-11H2,2-4H3,(H2,16,17,18). The van der Waals surface area contributed by atoms with Crippen molar-refractivity contribution in [3.05, 3.63) is 24.3 Å². The molecule has 1 fully saturated rings. The first-order chi connectivity index (χ1) is 10.5. The third-order valence-electron chi connectivity index (χ3n) is 3.91. The molecule has 1 aromatic rings. The van der Waals surface area contributed by atoms with Gasteiger partial charge in [-0.1, -0.05) is 6.08 Å². The smallest absolute Gasteiger partial charge is 0.192 e. The molecule has 0 amide bonds. The van der Waals surface area contributed by atoms with Crippen LogP contribution in [0.1, 0.15) is 31.4 Å². The van der Waals surface area contributed by atoms with Crippen LogP contribution < -0.4 is 10.6 Å². The summed E-state index contributed by atoms with van der Waals surface area (Å²) in [4.78, 5) is 4.61. The Morgan fingerprint density at radius 3 is 2.91 bits per heavy atom. The summed E-state index contributed by atoms with van der Waals surface area (Å²) >= 11 is 2.04. The van der Waals surface area contributed by atoms with Gasteiger partial charge in [0.2, 0.25) is 0 Å². The Labute approximate surface area is 136 Å². The van der Waals surface area contributed by atoms with E-state index in [0.717, 1.165) is 24.2 Å². The summed E-state index contributed by atoms with van der Waals surface area (Å²) in [7, 11) is 1.96. The molecule has 1 aromatic heterocycles. The molecular formula is C15H26N6S. The van der Waals surface area contributed by atoms with Crippen molar-refractivity contribution < 1.29 is 0 Å². The lowest BCUT2D eigenvalue weighted by molar-refractivity contribution is 0.585. The van der Waals surface area contributed by atoms with Gasteiger partial charge in [0.1, 0.15) is 12.4 Å². The van der Waals surface area contributed by atoms with Crippen LogP contribution in [0.5, 0.6) is 0 Å². The van der Waals surface area contributed by atoms with Gasteiger partial charge < -0.3 is 15.2 Å². The van der Waals surface area contributed by atoms with E-state index in [4.69, 9.17) is 0 Å². The van der Waals surface area contributed by atoms with Crippen molar-refractivity contribution in [2.45, 2.75) is 38.0 Å². The molecular weight excluding hydrogens is 296 g/mol. The predicted molar refractivity (Wildman–Crippen MR) is 93.2 cm³/mol. The molecule has 122 valence electrons. The van der Waals surface area contributed by atoms with Crippen molar-refractivity contribution in [2.24, 2.45) is 12.0 Å². The Morgan fingerprint density at radius 2 is 2.32 bits per heavy atom. The highest BCUT2D eigenvalue weighted by Gasteiger charge is 2.29. The van der Waals surface area contributed by atoms with Crippen molar-refractivity contribution in [1.29, 1.82) is 0 Å². The Kier molecular flexibility index (Phi) is 5.88. The van der Waals surface area contributed by atoms with Crippen LogP contribution in [0, 0.1) is 6.92 Å². The van der Waals surface area contributed by atoms with Gasteiger partial charge in [-0.15, -0.1) is 16.8 Å². The summed E-state index contributed by atoms with van der Waals surface area (Å²) in [5.41, 5.74) is 0. The number of hydrogen-bond donors (Lipinski definition) is 2. The second-order valence-corrected chi connectivity index (χ2v) is 7.49. The first-order valence-corrected chi connectivity index (χ1v) is 8.64. The fraction of sp³-hybridized carbons (Fsp3) is 0.667. The van der Waals surface area contributed by atoms with Crippen LogP contribution in [0.15, 0.2) is 17.6 Å². The van der Waals surface area contributed by atoms with E-state index >= 15 is 0 Å². The van der Waals surface area contributed by atoms with Crippen LogP contribution in [0.3, 0.4) is 0 Å². The zero-order valence-electron chi connectivity index (χ0n) is 13.7. The molecule has 2 N–H and O–H groups in total. The Morgan fingerprint density at radius 1 is 1.50 bits per heavy atom. The van der Waals surface area contributed by atoms with Crippen LogP contribution in [-0.2, 0) is 13.6 Å². The van der Waals surface area contributed by atoms with Gasteiger partial charge in [0.05, 0.1) is 0 Å². The molecule has 1 aliphatic heterocycles. The van der Waals surface area contributed by atoms with Crippen LogP contribution in [0.2, 0.25) is 0 Å². The minimum atomic E-state index is 0.304. The largest absolute Gasteiger partial charge is 0.355 e. The van der Waals surface area contributed by atoms with E-state index < -0.39 is 0 Å². The molecule has 0 aromatic carbocycles. The molecule has 0 saturated carbocycles. The number of nitrogens with zero attached hydrogens (tertiary/aromatic N) is 4. The number of aromatic nitrogens is 3. The van der Waals surface area contributed by atoms with E-state index in [-0.39, 0.29) is 0 Å². The summed E-state index contributed by atoms with van der Waals surface area (Å²) in [6, 6.07) is 0. The van der Waals surface area contributed by atoms with Gasteiger partial charge in [-0.05, 0) is 32.4 Å². The number of hydrogen-bond acceptors (Lipinski definition) is 4. The average molecular weight is 322 g/mol. The Hall–Kier alpha value is -1.50. The molecule has 6 nitrogen and oxygen atoms in total. The molecule has 1 unspecified atom stereocenters. The van der Waals surface area contributed by atoms with Crippen molar-refractivity contribution in [3.63, 3.8) is 0 Å². The van der Waals surface area contributed by atoms with E-state index in [1.54, 1.807) is 0 Å². The van der Waals surface area contributed by atoms with Gasteiger partial charge in [-0.3, -0.25) is 0 Å². The topological polar surface area (TPSA) is 67.1 Å². The zero-order chi connectivity index (χ0) is 16.0. The molecule has 0 spiro atoms. The fourth-order valence-corrected chi connectivity index (χ4v) is 3.57. The molecule has 2 rings (SSSR count). The van der Waals surface area contributed by atoms with Crippen molar-refractivity contribution in [3.8, 4) is 0 Å². The van der Waals surface area contributed by atoms with E-state index in [9.17, 15) is 0 Å². The minimum absolute atomic E-state index is 0.304. The summed E-state index contributed by atoms with van der Waals surface area (Å²) in [5, 5.41) is 14.9. The van der Waals surface area contributed by atoms with Crippen molar-refractivity contribution in [2.75, 3.05) is 18.8 Å². The number of thioether (sulfide) groups is 1. The molecule has 1 aliphatic rings. The van der Waals surface area contributed by atoms with Crippen LogP contribution in [0.4, 0.5) is 0 Å². The van der Waals surface area contributed by atoms with Crippen LogP contribution in [-0.4, -0.2) is 44.3 Å². The minimum Gasteiger partial charge on any atom is -0.355 e. The summed E-state index contributed by atoms with van der Waals surface area (Å²) in [5.74, 6) is 3.81. The number of aryl methyl sites for hydroxylation is 1. The highest BCUT2D eigenvalue weighted by atomic mass is 32.2. The zero-order valence-corrected chi connectivity index (χ0v) is 14.5. The number of nitrogens with one attached hydrogen (secondary N) is 2. The highest BCUT2D eigenvalue weighted by Crippen LogP contribution is 2.36. The van der Waals surface area contributed by atoms with Gasteiger partial charge in [-0.25, -0.2) is 4.99 Å². The van der Waals surface area contributed by atoms with E-state index in [1.165, 1.54) is 18.6 Å². The highest BCUT2D eigenvalue weighted by molar-refractivity contribution is 8.00. The first-order valence-electron chi connectivity index (χ1n) is 7.66. The molecule has 0 bridgehead atoms. The number of aliphatic imine (C=N–C) groups is 1. The maximum atomic E-state index is 4.61. The predicted octanol–water partition coefficient (Wildman–Crippen LogP) is 1.63. The molecule has 7 heteroatoms. The molecule has 22 heavy (non-hydrogen) atoms. The quantitative estimate of drug-likeness (QED) is 0.473. The summed E-state index contributed by atoms with van der Waals surface area (Å²) in [6.07, 6.45) is 4.38.